The van der Waals surface area contributed by atoms with Gasteiger partial charge in [-0.2, -0.15) is 0 Å². The van der Waals surface area contributed by atoms with E-state index in [0.29, 0.717) is 17.5 Å². The number of phenolic OH excluding ortho intramolecular Hbond substituents is 1. The minimum absolute atomic E-state index is 0.0469. The number of carboxylic acid groups (broad SMARTS) is 1. The van der Waals surface area contributed by atoms with Crippen molar-refractivity contribution < 1.29 is 34.8 Å². The summed E-state index contributed by atoms with van der Waals surface area (Å²) in [6.07, 6.45) is 1.49. The monoisotopic (exact) mass is 411 g/mol. The van der Waals surface area contributed by atoms with Gasteiger partial charge in [0.25, 0.3) is 5.91 Å². The van der Waals surface area contributed by atoms with Crippen LogP contribution in [-0.4, -0.2) is 44.5 Å². The zero-order valence-electron chi connectivity index (χ0n) is 15.9. The molecule has 1 amide bonds. The largest absolute Gasteiger partial charge is 0.508 e. The van der Waals surface area contributed by atoms with Crippen LogP contribution in [0.3, 0.4) is 0 Å². The second kappa shape index (κ2) is 8.86. The van der Waals surface area contributed by atoms with Crippen molar-refractivity contribution in [2.24, 2.45) is 0 Å². The quantitative estimate of drug-likeness (QED) is 0.453. The number of aromatic hydroxyl groups is 1. The Bertz CT molecular complexity index is 975. The number of nitrogens with one attached hydrogen (secondary N) is 1. The Labute approximate surface area is 172 Å². The fraction of sp³-hybridized carbons (Fsp3) is 0.273. The molecule has 0 spiro atoms. The molecule has 0 aromatic heterocycles. The third-order valence-corrected chi connectivity index (χ3v) is 4.94. The maximum atomic E-state index is 12.7. The summed E-state index contributed by atoms with van der Waals surface area (Å²) in [5.74, 6) is 0.461. The lowest BCUT2D eigenvalue weighted by molar-refractivity contribution is -0.147. The van der Waals surface area contributed by atoms with Gasteiger partial charge in [-0.05, 0) is 28.8 Å². The lowest BCUT2D eigenvalue weighted by Gasteiger charge is -2.23. The normalized spacial score (nSPS) is 21.3. The highest BCUT2D eigenvalue weighted by molar-refractivity contribution is 5.90. The second-order valence-corrected chi connectivity index (χ2v) is 7.08. The summed E-state index contributed by atoms with van der Waals surface area (Å²) in [5.41, 5.74) is -0.0928. The Hall–Kier alpha value is -3.54. The van der Waals surface area contributed by atoms with Crippen molar-refractivity contribution in [2.75, 3.05) is 6.61 Å². The van der Waals surface area contributed by atoms with E-state index in [1.54, 1.807) is 42.5 Å². The van der Waals surface area contributed by atoms with Crippen molar-refractivity contribution in [3.63, 3.8) is 0 Å². The zero-order valence-corrected chi connectivity index (χ0v) is 15.9. The molecule has 0 unspecified atom stereocenters. The number of aliphatic hydroxyl groups excluding tert-OH is 1. The van der Waals surface area contributed by atoms with Gasteiger partial charge in [-0.1, -0.05) is 42.3 Å². The van der Waals surface area contributed by atoms with E-state index in [2.05, 4.69) is 11.2 Å². The molecule has 1 fully saturated rings. The molecule has 3 atom stereocenters. The number of hydrogen-bond donors (Lipinski definition) is 5. The smallest absolute Gasteiger partial charge is 0.330 e. The number of rotatable bonds is 6. The highest BCUT2D eigenvalue weighted by atomic mass is 16.5. The molecule has 2 aromatic rings. The lowest BCUT2D eigenvalue weighted by atomic mass is 9.94. The molecule has 1 saturated heterocycles. The summed E-state index contributed by atoms with van der Waals surface area (Å²) in [7, 11) is 0. The first-order valence-electron chi connectivity index (χ1n) is 9.20. The Kier molecular flexibility index (Phi) is 6.26. The lowest BCUT2D eigenvalue weighted by Crippen LogP contribution is -2.49. The van der Waals surface area contributed by atoms with E-state index in [9.17, 15) is 24.9 Å². The number of carbonyl (C=O) groups is 2. The minimum atomic E-state index is -1.88. The van der Waals surface area contributed by atoms with E-state index in [1.807, 2.05) is 0 Å². The summed E-state index contributed by atoms with van der Waals surface area (Å²) in [5, 5.41) is 40.6. The van der Waals surface area contributed by atoms with E-state index < -0.39 is 29.6 Å². The summed E-state index contributed by atoms with van der Waals surface area (Å²) in [4.78, 5) is 24.4. The van der Waals surface area contributed by atoms with Crippen molar-refractivity contribution in [1.29, 1.82) is 0 Å². The number of hydrogen-bond acceptors (Lipinski definition) is 6. The van der Waals surface area contributed by atoms with Crippen LogP contribution in [0.1, 0.15) is 35.3 Å². The Morgan fingerprint density at radius 2 is 1.83 bits per heavy atom. The first kappa shape index (κ1) is 21.2. The van der Waals surface area contributed by atoms with E-state index in [0.717, 1.165) is 5.56 Å². The standard InChI is InChI=1S/C22H21NO7/c24-11-1-2-14-3-5-16(6-4-14)19(20(26)27)23-21(28)22(29)12-18(30-13-22)15-7-9-17(25)10-8-15/h3-10,18-19,24-25,29H,2,12-13H2,(H,23,28)(H,26,27)/t18-,19-,22+/m0/s1. The van der Waals surface area contributed by atoms with Gasteiger partial charge in [0.15, 0.2) is 11.6 Å². The summed E-state index contributed by atoms with van der Waals surface area (Å²) in [6, 6.07) is 11.3. The fourth-order valence-electron chi connectivity index (χ4n) is 3.25. The van der Waals surface area contributed by atoms with Crippen molar-refractivity contribution in [2.45, 2.75) is 30.6 Å². The summed E-state index contributed by atoms with van der Waals surface area (Å²) >= 11 is 0. The molecule has 0 saturated carbocycles. The molecule has 30 heavy (non-hydrogen) atoms. The summed E-state index contributed by atoms with van der Waals surface area (Å²) in [6.45, 7) is -0.282. The average molecular weight is 411 g/mol. The van der Waals surface area contributed by atoms with Crippen LogP contribution in [-0.2, 0) is 20.7 Å². The Morgan fingerprint density at radius 1 is 1.17 bits per heavy atom. The number of benzene rings is 2. The predicted octanol–water partition coefficient (Wildman–Crippen LogP) is 1.40. The summed E-state index contributed by atoms with van der Waals surface area (Å²) < 4.78 is 5.54. The highest BCUT2D eigenvalue weighted by Gasteiger charge is 2.46. The van der Waals surface area contributed by atoms with Gasteiger partial charge in [-0.25, -0.2) is 4.79 Å². The zero-order chi connectivity index (χ0) is 21.7. The van der Waals surface area contributed by atoms with Gasteiger partial charge in [-0.15, -0.1) is 0 Å². The molecule has 156 valence electrons. The molecule has 0 radical (unpaired) electrons. The van der Waals surface area contributed by atoms with Crippen LogP contribution < -0.4 is 5.32 Å². The van der Waals surface area contributed by atoms with Gasteiger partial charge < -0.3 is 30.5 Å². The maximum Gasteiger partial charge on any atom is 0.330 e. The van der Waals surface area contributed by atoms with E-state index >= 15 is 0 Å². The Morgan fingerprint density at radius 3 is 2.43 bits per heavy atom. The third kappa shape index (κ3) is 4.71. The number of phenols is 1. The van der Waals surface area contributed by atoms with Crippen LogP contribution in [0.4, 0.5) is 0 Å². The molecule has 1 heterocycles. The van der Waals surface area contributed by atoms with Crippen LogP contribution in [0.25, 0.3) is 0 Å². The second-order valence-electron chi connectivity index (χ2n) is 7.08. The molecular weight excluding hydrogens is 390 g/mol. The number of amides is 1. The highest BCUT2D eigenvalue weighted by Crippen LogP contribution is 2.36. The molecule has 5 N–H and O–H groups in total. The van der Waals surface area contributed by atoms with E-state index in [4.69, 9.17) is 9.84 Å². The fourth-order valence-corrected chi connectivity index (χ4v) is 3.25. The van der Waals surface area contributed by atoms with Gasteiger partial charge >= 0.3 is 5.97 Å². The molecule has 3 rings (SSSR count). The maximum absolute atomic E-state index is 12.7. The van der Waals surface area contributed by atoms with Crippen LogP contribution in [0.2, 0.25) is 0 Å². The van der Waals surface area contributed by atoms with Gasteiger partial charge in [0.1, 0.15) is 11.9 Å². The molecule has 1 aliphatic rings. The number of carbonyl (C=O) groups excluding carboxylic acids is 1. The molecule has 8 nitrogen and oxygen atoms in total. The van der Waals surface area contributed by atoms with Crippen LogP contribution >= 0.6 is 0 Å². The first-order chi connectivity index (χ1) is 14.3. The van der Waals surface area contributed by atoms with Gasteiger partial charge in [0.05, 0.1) is 12.7 Å². The van der Waals surface area contributed by atoms with Crippen molar-refractivity contribution in [3.05, 3.63) is 65.2 Å². The number of aliphatic hydroxyl groups is 2. The molecule has 0 aliphatic carbocycles. The van der Waals surface area contributed by atoms with Gasteiger partial charge in [0, 0.05) is 12.8 Å². The number of aliphatic carboxylic acids is 1. The van der Waals surface area contributed by atoms with Gasteiger partial charge in [0.2, 0.25) is 0 Å². The number of carboxylic acids is 1. The minimum Gasteiger partial charge on any atom is -0.508 e. The predicted molar refractivity (Wildman–Crippen MR) is 105 cm³/mol. The van der Waals surface area contributed by atoms with Crippen molar-refractivity contribution in [3.8, 4) is 17.8 Å². The van der Waals surface area contributed by atoms with Crippen molar-refractivity contribution in [1.82, 2.24) is 5.32 Å². The molecular formula is C22H21NO7. The third-order valence-electron chi connectivity index (χ3n) is 4.94. The van der Waals surface area contributed by atoms with Crippen LogP contribution in [0.15, 0.2) is 48.5 Å². The molecule has 8 heteroatoms. The van der Waals surface area contributed by atoms with E-state index in [1.165, 1.54) is 12.1 Å². The van der Waals surface area contributed by atoms with Gasteiger partial charge in [-0.3, -0.25) is 4.79 Å². The molecule has 0 bridgehead atoms. The SMILES string of the molecule is O=C(O)[C@@H](NC(=O)[C@]1(O)CO[C@H](c2ccc(O)cc2)C1)c1ccc(CC#CO)cc1. The Balaban J connectivity index is 1.70. The molecule has 1 aliphatic heterocycles. The van der Waals surface area contributed by atoms with Crippen LogP contribution in [0, 0.1) is 12.0 Å². The average Bonchev–Trinajstić information content (AvgIpc) is 3.14. The molecule has 2 aromatic carbocycles. The van der Waals surface area contributed by atoms with Crippen molar-refractivity contribution >= 4 is 11.9 Å². The topological polar surface area (TPSA) is 136 Å². The number of ether oxygens (including phenoxy) is 1. The van der Waals surface area contributed by atoms with Crippen LogP contribution in [0.5, 0.6) is 5.75 Å². The first-order valence-corrected chi connectivity index (χ1v) is 9.20. The van der Waals surface area contributed by atoms with E-state index in [-0.39, 0.29) is 18.8 Å².